The summed E-state index contributed by atoms with van der Waals surface area (Å²) in [6, 6.07) is 0.440. The first-order valence-corrected chi connectivity index (χ1v) is 7.15. The largest absolute Gasteiger partial charge is 0.391 e. The Morgan fingerprint density at radius 3 is 2.25 bits per heavy atom. The number of nitrogens with zero attached hydrogens (tertiary/aromatic N) is 1. The second-order valence-corrected chi connectivity index (χ2v) is 5.86. The molecule has 0 heterocycles. The Hall–Kier alpha value is -0.0800. The zero-order valence-electron chi connectivity index (χ0n) is 10.7. The van der Waals surface area contributed by atoms with Crippen molar-refractivity contribution >= 4 is 0 Å². The molecular formula is C14H27NO. The van der Waals surface area contributed by atoms with Crippen molar-refractivity contribution in [2.45, 2.75) is 69.9 Å². The lowest BCUT2D eigenvalue weighted by Crippen LogP contribution is -2.45. The fourth-order valence-corrected chi connectivity index (χ4v) is 3.52. The van der Waals surface area contributed by atoms with Crippen molar-refractivity contribution in [2.75, 3.05) is 13.6 Å². The number of aliphatic hydroxyl groups is 1. The summed E-state index contributed by atoms with van der Waals surface area (Å²) >= 11 is 0. The van der Waals surface area contributed by atoms with Gasteiger partial charge in [-0.3, -0.25) is 0 Å². The van der Waals surface area contributed by atoms with Crippen LogP contribution in [0.1, 0.15) is 57.8 Å². The van der Waals surface area contributed by atoms with Crippen LogP contribution in [0.5, 0.6) is 0 Å². The Balaban J connectivity index is 1.78. The summed E-state index contributed by atoms with van der Waals surface area (Å²) < 4.78 is 0. The van der Waals surface area contributed by atoms with Crippen LogP contribution in [0, 0.1) is 5.92 Å². The standard InChI is InChI=1S/C14H27NO/c1-15(11-12-7-3-2-4-8-12)13-9-5-6-10-14(13)16/h12-14,16H,2-11H2,1H3/t13-,14-/m0/s1. The Bertz CT molecular complexity index is 201. The van der Waals surface area contributed by atoms with Crippen LogP contribution in [0.15, 0.2) is 0 Å². The quantitative estimate of drug-likeness (QED) is 0.798. The summed E-state index contributed by atoms with van der Waals surface area (Å²) in [6.07, 6.45) is 11.8. The Kier molecular flexibility index (Phi) is 4.66. The minimum atomic E-state index is -0.0673. The van der Waals surface area contributed by atoms with E-state index in [1.54, 1.807) is 0 Å². The first-order valence-electron chi connectivity index (χ1n) is 7.15. The molecule has 2 nitrogen and oxygen atoms in total. The van der Waals surface area contributed by atoms with E-state index in [0.717, 1.165) is 12.3 Å². The molecule has 2 atom stereocenters. The molecule has 0 unspecified atom stereocenters. The summed E-state index contributed by atoms with van der Waals surface area (Å²) in [4.78, 5) is 2.44. The Morgan fingerprint density at radius 1 is 0.938 bits per heavy atom. The molecule has 94 valence electrons. The second kappa shape index (κ2) is 6.02. The molecule has 0 spiro atoms. The first-order chi connectivity index (χ1) is 7.77. The van der Waals surface area contributed by atoms with Gasteiger partial charge in [0.15, 0.2) is 0 Å². The van der Waals surface area contributed by atoms with E-state index in [9.17, 15) is 5.11 Å². The first kappa shape index (κ1) is 12.4. The maximum Gasteiger partial charge on any atom is 0.0695 e. The van der Waals surface area contributed by atoms with Crippen molar-refractivity contribution < 1.29 is 5.11 Å². The van der Waals surface area contributed by atoms with Gasteiger partial charge in [-0.1, -0.05) is 32.1 Å². The Labute approximate surface area is 100 Å². The molecule has 2 aliphatic rings. The summed E-state index contributed by atoms with van der Waals surface area (Å²) in [5.74, 6) is 0.896. The summed E-state index contributed by atoms with van der Waals surface area (Å²) in [5.41, 5.74) is 0. The van der Waals surface area contributed by atoms with Gasteiger partial charge in [-0.05, 0) is 38.6 Å². The summed E-state index contributed by atoms with van der Waals surface area (Å²) in [7, 11) is 2.22. The molecule has 2 saturated carbocycles. The Morgan fingerprint density at radius 2 is 1.56 bits per heavy atom. The third-order valence-electron chi connectivity index (χ3n) is 4.53. The van der Waals surface area contributed by atoms with Gasteiger partial charge in [0.2, 0.25) is 0 Å². The molecule has 0 aromatic rings. The molecule has 0 saturated heterocycles. The minimum Gasteiger partial charge on any atom is -0.391 e. The highest BCUT2D eigenvalue weighted by atomic mass is 16.3. The van der Waals surface area contributed by atoms with Gasteiger partial charge in [0, 0.05) is 12.6 Å². The molecule has 16 heavy (non-hydrogen) atoms. The highest BCUT2D eigenvalue weighted by molar-refractivity contribution is 4.83. The van der Waals surface area contributed by atoms with Crippen molar-refractivity contribution in [1.82, 2.24) is 4.90 Å². The van der Waals surface area contributed by atoms with E-state index in [0.29, 0.717) is 6.04 Å². The molecule has 2 rings (SSSR count). The molecule has 1 N–H and O–H groups in total. The van der Waals surface area contributed by atoms with Gasteiger partial charge in [0.05, 0.1) is 6.10 Å². The highest BCUT2D eigenvalue weighted by Gasteiger charge is 2.28. The van der Waals surface area contributed by atoms with Gasteiger partial charge in [-0.15, -0.1) is 0 Å². The van der Waals surface area contributed by atoms with E-state index in [1.165, 1.54) is 57.9 Å². The van der Waals surface area contributed by atoms with E-state index in [2.05, 4.69) is 11.9 Å². The van der Waals surface area contributed by atoms with Gasteiger partial charge in [0.25, 0.3) is 0 Å². The van der Waals surface area contributed by atoms with E-state index in [4.69, 9.17) is 0 Å². The minimum absolute atomic E-state index is 0.0673. The predicted octanol–water partition coefficient (Wildman–Crippen LogP) is 2.80. The molecule has 2 heteroatoms. The predicted molar refractivity (Wildman–Crippen MR) is 67.5 cm³/mol. The lowest BCUT2D eigenvalue weighted by Gasteiger charge is -2.37. The van der Waals surface area contributed by atoms with Gasteiger partial charge in [0.1, 0.15) is 0 Å². The molecule has 0 aromatic heterocycles. The van der Waals surface area contributed by atoms with Crippen molar-refractivity contribution in [3.05, 3.63) is 0 Å². The van der Waals surface area contributed by atoms with E-state index >= 15 is 0 Å². The molecule has 0 radical (unpaired) electrons. The van der Waals surface area contributed by atoms with Crippen molar-refractivity contribution in [2.24, 2.45) is 5.92 Å². The zero-order chi connectivity index (χ0) is 11.4. The zero-order valence-corrected chi connectivity index (χ0v) is 10.7. The average Bonchev–Trinajstić information content (AvgIpc) is 2.31. The van der Waals surface area contributed by atoms with Crippen molar-refractivity contribution in [1.29, 1.82) is 0 Å². The molecule has 0 bridgehead atoms. The van der Waals surface area contributed by atoms with Crippen molar-refractivity contribution in [3.63, 3.8) is 0 Å². The molecule has 2 fully saturated rings. The van der Waals surface area contributed by atoms with Gasteiger partial charge < -0.3 is 10.0 Å². The fourth-order valence-electron chi connectivity index (χ4n) is 3.52. The molecule has 0 aromatic carbocycles. The summed E-state index contributed by atoms with van der Waals surface area (Å²) in [5, 5.41) is 10.0. The number of rotatable bonds is 3. The van der Waals surface area contributed by atoms with Crippen LogP contribution >= 0.6 is 0 Å². The molecular weight excluding hydrogens is 198 g/mol. The monoisotopic (exact) mass is 225 g/mol. The fraction of sp³-hybridized carbons (Fsp3) is 1.00. The van der Waals surface area contributed by atoms with Crippen LogP contribution in [0.25, 0.3) is 0 Å². The lowest BCUT2D eigenvalue weighted by molar-refractivity contribution is 0.0231. The molecule has 0 aliphatic heterocycles. The van der Waals surface area contributed by atoms with Gasteiger partial charge in [-0.25, -0.2) is 0 Å². The SMILES string of the molecule is CN(CC1CCCCC1)[C@H]1CCCC[C@@H]1O. The third kappa shape index (κ3) is 3.21. The summed E-state index contributed by atoms with van der Waals surface area (Å²) in [6.45, 7) is 1.21. The highest BCUT2D eigenvalue weighted by Crippen LogP contribution is 2.27. The van der Waals surface area contributed by atoms with Gasteiger partial charge >= 0.3 is 0 Å². The van der Waals surface area contributed by atoms with E-state index in [1.807, 2.05) is 0 Å². The maximum atomic E-state index is 10.0. The van der Waals surface area contributed by atoms with Crippen LogP contribution < -0.4 is 0 Å². The van der Waals surface area contributed by atoms with Crippen LogP contribution in [0.3, 0.4) is 0 Å². The lowest BCUT2D eigenvalue weighted by atomic mass is 9.87. The number of hydrogen-bond acceptors (Lipinski definition) is 2. The maximum absolute atomic E-state index is 10.0. The van der Waals surface area contributed by atoms with E-state index in [-0.39, 0.29) is 6.10 Å². The second-order valence-electron chi connectivity index (χ2n) is 5.86. The topological polar surface area (TPSA) is 23.5 Å². The number of likely N-dealkylation sites (N-methyl/N-ethyl adjacent to an activating group) is 1. The average molecular weight is 225 g/mol. The number of aliphatic hydroxyl groups excluding tert-OH is 1. The number of hydrogen-bond donors (Lipinski definition) is 1. The van der Waals surface area contributed by atoms with Crippen molar-refractivity contribution in [3.8, 4) is 0 Å². The smallest absolute Gasteiger partial charge is 0.0695 e. The normalized spacial score (nSPS) is 33.2. The van der Waals surface area contributed by atoms with Crippen LogP contribution in [-0.4, -0.2) is 35.7 Å². The van der Waals surface area contributed by atoms with Crippen LogP contribution in [-0.2, 0) is 0 Å². The third-order valence-corrected chi connectivity index (χ3v) is 4.53. The van der Waals surface area contributed by atoms with Gasteiger partial charge in [-0.2, -0.15) is 0 Å². The molecule has 0 amide bonds. The van der Waals surface area contributed by atoms with Crippen LogP contribution in [0.4, 0.5) is 0 Å². The van der Waals surface area contributed by atoms with Crippen LogP contribution in [0.2, 0.25) is 0 Å². The van der Waals surface area contributed by atoms with E-state index < -0.39 is 0 Å². The molecule has 2 aliphatic carbocycles.